The summed E-state index contributed by atoms with van der Waals surface area (Å²) in [5.41, 5.74) is 0.962. The molecule has 0 amide bonds. The molecule has 0 spiro atoms. The number of aliphatic hydroxyl groups is 1. The number of fused-ring (bicyclic) bond motifs is 2. The van der Waals surface area contributed by atoms with Crippen LogP contribution in [0.15, 0.2) is 36.8 Å². The van der Waals surface area contributed by atoms with Crippen molar-refractivity contribution >= 4 is 22.6 Å². The van der Waals surface area contributed by atoms with Gasteiger partial charge < -0.3 is 19.1 Å². The van der Waals surface area contributed by atoms with E-state index >= 15 is 0 Å². The van der Waals surface area contributed by atoms with Crippen molar-refractivity contribution in [3.63, 3.8) is 0 Å². The normalized spacial score (nSPS) is 28.7. The van der Waals surface area contributed by atoms with Crippen molar-refractivity contribution in [3.05, 3.63) is 59.1 Å². The number of nitrogens with zero attached hydrogens (tertiary/aromatic N) is 3. The van der Waals surface area contributed by atoms with Crippen molar-refractivity contribution < 1.29 is 23.4 Å². The highest BCUT2D eigenvalue weighted by Crippen LogP contribution is 2.51. The van der Waals surface area contributed by atoms with Gasteiger partial charge in [0.2, 0.25) is 0 Å². The molecule has 1 saturated heterocycles. The maximum atomic E-state index is 13.8. The summed E-state index contributed by atoms with van der Waals surface area (Å²) in [7, 11) is 0. The number of ether oxygens (including phenoxy) is 2. The van der Waals surface area contributed by atoms with Crippen molar-refractivity contribution in [2.24, 2.45) is 5.92 Å². The second-order valence-electron chi connectivity index (χ2n) is 8.27. The van der Waals surface area contributed by atoms with Gasteiger partial charge in [0.25, 0.3) is 0 Å². The average Bonchev–Trinajstić information content (AvgIpc) is 3.34. The van der Waals surface area contributed by atoms with Gasteiger partial charge in [0, 0.05) is 12.1 Å². The number of halogens is 3. The number of aromatic nitrogens is 3. The van der Waals surface area contributed by atoms with Gasteiger partial charge in [-0.25, -0.2) is 18.7 Å². The molecule has 1 aliphatic carbocycles. The maximum absolute atomic E-state index is 13.8. The van der Waals surface area contributed by atoms with Crippen molar-refractivity contribution in [2.45, 2.75) is 50.4 Å². The molecule has 3 heterocycles. The lowest BCUT2D eigenvalue weighted by Gasteiger charge is -2.26. The lowest BCUT2D eigenvalue weighted by atomic mass is 9.92. The molecule has 1 aromatic carbocycles. The van der Waals surface area contributed by atoms with Gasteiger partial charge in [-0.2, -0.15) is 0 Å². The summed E-state index contributed by atoms with van der Waals surface area (Å²) in [4.78, 5) is 8.38. The Morgan fingerprint density at radius 1 is 1.17 bits per heavy atom. The van der Waals surface area contributed by atoms with Crippen LogP contribution in [0.3, 0.4) is 0 Å². The fraction of sp³-hybridized carbons (Fsp3) is 0.429. The Kier molecular flexibility index (Phi) is 4.59. The van der Waals surface area contributed by atoms with Gasteiger partial charge in [0.1, 0.15) is 23.2 Å². The van der Waals surface area contributed by atoms with E-state index in [0.717, 1.165) is 17.5 Å². The van der Waals surface area contributed by atoms with Gasteiger partial charge in [-0.1, -0.05) is 17.7 Å². The topological polar surface area (TPSA) is 69.4 Å². The molecule has 3 aromatic rings. The fourth-order valence-electron chi connectivity index (χ4n) is 4.72. The molecule has 6 nitrogen and oxygen atoms in total. The molecule has 5 atom stereocenters. The smallest absolute Gasteiger partial charge is 0.163 e. The first-order valence-electron chi connectivity index (χ1n) is 9.71. The number of aliphatic hydroxyl groups excluding tert-OH is 1. The Balaban J connectivity index is 1.54. The molecule has 2 fully saturated rings. The highest BCUT2D eigenvalue weighted by atomic mass is 35.5. The Labute approximate surface area is 176 Å². The molecule has 9 heteroatoms. The monoisotopic (exact) mass is 435 g/mol. The first kappa shape index (κ1) is 19.8. The predicted molar refractivity (Wildman–Crippen MR) is 105 cm³/mol. The summed E-state index contributed by atoms with van der Waals surface area (Å²) in [6, 6.07) is 5.09. The Morgan fingerprint density at radius 2 is 1.93 bits per heavy atom. The second kappa shape index (κ2) is 6.95. The minimum atomic E-state index is -1.05. The van der Waals surface area contributed by atoms with E-state index in [2.05, 4.69) is 9.97 Å². The number of hydrogen-bond donors (Lipinski definition) is 1. The summed E-state index contributed by atoms with van der Waals surface area (Å²) < 4.78 is 41.4. The summed E-state index contributed by atoms with van der Waals surface area (Å²) >= 11 is 6.19. The zero-order valence-electron chi connectivity index (χ0n) is 16.3. The molecule has 0 radical (unpaired) electrons. The molecule has 158 valence electrons. The summed E-state index contributed by atoms with van der Waals surface area (Å²) in [5, 5.41) is 12.1. The first-order valence-corrected chi connectivity index (χ1v) is 10.1. The van der Waals surface area contributed by atoms with Crippen LogP contribution in [0, 0.1) is 17.6 Å². The van der Waals surface area contributed by atoms with Crippen LogP contribution in [0.5, 0.6) is 0 Å². The van der Waals surface area contributed by atoms with E-state index in [1.165, 1.54) is 12.4 Å². The summed E-state index contributed by atoms with van der Waals surface area (Å²) in [6.07, 6.45) is 1.94. The maximum Gasteiger partial charge on any atom is 0.163 e. The van der Waals surface area contributed by atoms with Gasteiger partial charge in [0.15, 0.2) is 17.4 Å². The molecule has 1 saturated carbocycles. The quantitative estimate of drug-likeness (QED) is 0.625. The van der Waals surface area contributed by atoms with Crippen LogP contribution in [0.25, 0.3) is 11.0 Å². The highest BCUT2D eigenvalue weighted by Gasteiger charge is 2.56. The van der Waals surface area contributed by atoms with Crippen LogP contribution in [0.1, 0.15) is 38.0 Å². The lowest BCUT2D eigenvalue weighted by Crippen LogP contribution is -2.29. The third-order valence-electron chi connectivity index (χ3n) is 5.99. The minimum absolute atomic E-state index is 0.190. The molecular formula is C21H20ClF2N3O3. The van der Waals surface area contributed by atoms with Gasteiger partial charge in [-0.05, 0) is 44.0 Å². The molecule has 30 heavy (non-hydrogen) atoms. The van der Waals surface area contributed by atoms with Gasteiger partial charge in [0.05, 0.1) is 23.6 Å². The Morgan fingerprint density at radius 3 is 2.70 bits per heavy atom. The van der Waals surface area contributed by atoms with Crippen LogP contribution in [0.2, 0.25) is 5.15 Å². The van der Waals surface area contributed by atoms with E-state index in [-0.39, 0.29) is 18.1 Å². The van der Waals surface area contributed by atoms with E-state index < -0.39 is 29.6 Å². The Hall–Kier alpha value is -2.13. The highest BCUT2D eigenvalue weighted by molar-refractivity contribution is 6.33. The number of hydrogen-bond acceptors (Lipinski definition) is 5. The van der Waals surface area contributed by atoms with Crippen molar-refractivity contribution in [1.82, 2.24) is 14.5 Å². The van der Waals surface area contributed by atoms with E-state index in [4.69, 9.17) is 21.1 Å². The van der Waals surface area contributed by atoms with Crippen LogP contribution >= 0.6 is 11.6 Å². The zero-order chi connectivity index (χ0) is 21.2. The molecule has 2 aliphatic rings. The van der Waals surface area contributed by atoms with Crippen molar-refractivity contribution in [1.29, 1.82) is 0 Å². The standard InChI is InChI=1S/C21H20ClF2N3O3/c1-21(2)29-17-12(16(28)10-3-4-13(23)14(24)7-10)8-15(18(17)30-21)27-6-5-11-19(22)25-9-26-20(11)27/h3-7,9,12,15-18,28H,8H2,1-2H3/t12-,15-,16-,17-,18+/m1/s1. The van der Waals surface area contributed by atoms with E-state index in [9.17, 15) is 13.9 Å². The third kappa shape index (κ3) is 3.10. The minimum Gasteiger partial charge on any atom is -0.388 e. The van der Waals surface area contributed by atoms with Gasteiger partial charge >= 0.3 is 0 Å². The van der Waals surface area contributed by atoms with Crippen LogP contribution < -0.4 is 0 Å². The van der Waals surface area contributed by atoms with Crippen LogP contribution in [-0.2, 0) is 9.47 Å². The largest absolute Gasteiger partial charge is 0.388 e. The lowest BCUT2D eigenvalue weighted by molar-refractivity contribution is -0.165. The first-order chi connectivity index (χ1) is 14.2. The predicted octanol–water partition coefficient (Wildman–Crippen LogP) is 4.18. The summed E-state index contributed by atoms with van der Waals surface area (Å²) in [5.74, 6) is -3.17. The van der Waals surface area contributed by atoms with E-state index in [1.807, 2.05) is 30.7 Å². The molecule has 0 unspecified atom stereocenters. The molecule has 1 N–H and O–H groups in total. The molecule has 2 aromatic heterocycles. The SMILES string of the molecule is CC1(C)O[C@@H]2[C@@H]([C@H](O)c3ccc(F)c(F)c3)C[C@@H](n3ccc4c(Cl)ncnc43)[C@@H]2O1. The van der Waals surface area contributed by atoms with Gasteiger partial charge in [-0.15, -0.1) is 0 Å². The molecule has 5 rings (SSSR count). The zero-order valence-corrected chi connectivity index (χ0v) is 17.1. The van der Waals surface area contributed by atoms with Crippen molar-refractivity contribution in [3.8, 4) is 0 Å². The fourth-order valence-corrected chi connectivity index (χ4v) is 4.92. The van der Waals surface area contributed by atoms with Crippen molar-refractivity contribution in [2.75, 3.05) is 0 Å². The molecular weight excluding hydrogens is 416 g/mol. The Bertz CT molecular complexity index is 1120. The third-order valence-corrected chi connectivity index (χ3v) is 6.29. The molecule has 1 aliphatic heterocycles. The van der Waals surface area contributed by atoms with Crippen LogP contribution in [-0.4, -0.2) is 37.6 Å². The van der Waals surface area contributed by atoms with Crippen LogP contribution in [0.4, 0.5) is 8.78 Å². The second-order valence-corrected chi connectivity index (χ2v) is 8.63. The number of rotatable bonds is 3. The molecule has 0 bridgehead atoms. The summed E-state index contributed by atoms with van der Waals surface area (Å²) in [6.45, 7) is 3.63. The van der Waals surface area contributed by atoms with Gasteiger partial charge in [-0.3, -0.25) is 0 Å². The number of benzene rings is 1. The average molecular weight is 436 g/mol. The van der Waals surface area contributed by atoms with E-state index in [0.29, 0.717) is 22.8 Å². The van der Waals surface area contributed by atoms with E-state index in [1.54, 1.807) is 0 Å².